The summed E-state index contributed by atoms with van der Waals surface area (Å²) in [5.41, 5.74) is 0.819. The second kappa shape index (κ2) is 5.97. The van der Waals surface area contributed by atoms with Crippen LogP contribution in [0.25, 0.3) is 10.8 Å². The smallest absolute Gasteiger partial charge is 0.132 e. The summed E-state index contributed by atoms with van der Waals surface area (Å²) in [4.78, 5) is 4.01. The van der Waals surface area contributed by atoms with Gasteiger partial charge in [0.2, 0.25) is 0 Å². The van der Waals surface area contributed by atoms with Crippen LogP contribution in [-0.2, 0) is 6.54 Å². The number of rotatable bonds is 5. The van der Waals surface area contributed by atoms with Crippen molar-refractivity contribution in [1.29, 1.82) is 0 Å². The highest BCUT2D eigenvalue weighted by molar-refractivity contribution is 5.89. The van der Waals surface area contributed by atoms with Gasteiger partial charge in [0.1, 0.15) is 12.4 Å². The highest BCUT2D eigenvalue weighted by atomic mass is 16.5. The molecule has 0 radical (unpaired) electrons. The molecule has 3 aromatic rings. The number of ether oxygens (including phenoxy) is 1. The summed E-state index contributed by atoms with van der Waals surface area (Å²) in [6.07, 6.45) is 4.86. The molecule has 2 aromatic carbocycles. The summed E-state index contributed by atoms with van der Waals surface area (Å²) in [6, 6.07) is 12.0. The average molecular weight is 282 g/mol. The monoisotopic (exact) mass is 282 g/mol. The number of hydrogen-bond donors (Lipinski definition) is 1. The Kier molecular flexibility index (Phi) is 3.88. The first-order chi connectivity index (χ1) is 10.3. The molecule has 108 valence electrons. The normalized spacial score (nSPS) is 12.5. The van der Waals surface area contributed by atoms with Crippen molar-refractivity contribution in [2.45, 2.75) is 19.6 Å². The van der Waals surface area contributed by atoms with E-state index in [-0.39, 0.29) is 0 Å². The predicted octanol–water partition coefficient (Wildman–Crippen LogP) is 3.17. The molecule has 1 heterocycles. The first-order valence-electron chi connectivity index (χ1n) is 7.04. The molecule has 1 atom stereocenters. The lowest BCUT2D eigenvalue weighted by Crippen LogP contribution is -2.08. The van der Waals surface area contributed by atoms with Crippen LogP contribution >= 0.6 is 0 Å². The molecule has 4 heteroatoms. The number of aromatic nitrogens is 2. The van der Waals surface area contributed by atoms with E-state index in [0.717, 1.165) is 28.6 Å². The Morgan fingerprint density at radius 3 is 2.86 bits per heavy atom. The zero-order chi connectivity index (χ0) is 14.7. The summed E-state index contributed by atoms with van der Waals surface area (Å²) in [5.74, 6) is 0.767. The Balaban J connectivity index is 1.89. The second-order valence-corrected chi connectivity index (χ2v) is 5.03. The van der Waals surface area contributed by atoms with E-state index < -0.39 is 6.10 Å². The fraction of sp³-hybridized carbons (Fsp3) is 0.235. The van der Waals surface area contributed by atoms with Crippen molar-refractivity contribution < 1.29 is 9.84 Å². The maximum atomic E-state index is 9.95. The van der Waals surface area contributed by atoms with Crippen molar-refractivity contribution in [2.75, 3.05) is 6.61 Å². The zero-order valence-corrected chi connectivity index (χ0v) is 11.9. The number of aliphatic hydroxyl groups is 1. The zero-order valence-electron chi connectivity index (χ0n) is 11.9. The van der Waals surface area contributed by atoms with E-state index in [1.165, 1.54) is 0 Å². The van der Waals surface area contributed by atoms with Gasteiger partial charge >= 0.3 is 0 Å². The Morgan fingerprint density at radius 1 is 1.24 bits per heavy atom. The van der Waals surface area contributed by atoms with Crippen molar-refractivity contribution in [3.63, 3.8) is 0 Å². The van der Waals surface area contributed by atoms with Crippen LogP contribution < -0.4 is 4.74 Å². The van der Waals surface area contributed by atoms with Gasteiger partial charge < -0.3 is 14.4 Å². The third kappa shape index (κ3) is 2.90. The Morgan fingerprint density at radius 2 is 2.10 bits per heavy atom. The number of aliphatic hydroxyl groups excluding tert-OH is 1. The van der Waals surface area contributed by atoms with Crippen LogP contribution in [0.1, 0.15) is 18.6 Å². The largest absolute Gasteiger partial charge is 0.491 e. The molecule has 0 aliphatic carbocycles. The third-order valence-corrected chi connectivity index (χ3v) is 3.52. The molecule has 1 N–H and O–H groups in total. The fourth-order valence-corrected chi connectivity index (χ4v) is 2.42. The summed E-state index contributed by atoms with van der Waals surface area (Å²) >= 11 is 0. The quantitative estimate of drug-likeness (QED) is 0.782. The molecule has 0 saturated carbocycles. The van der Waals surface area contributed by atoms with Gasteiger partial charge in [0.25, 0.3) is 0 Å². The topological polar surface area (TPSA) is 47.3 Å². The highest BCUT2D eigenvalue weighted by Gasteiger charge is 2.12. The SMILES string of the molecule is C[C@@H](O)c1ccc2ccccc2c1OCCn1ccnc1. The van der Waals surface area contributed by atoms with Crippen molar-refractivity contribution >= 4 is 10.8 Å². The number of imidazole rings is 1. The average Bonchev–Trinajstić information content (AvgIpc) is 3.00. The van der Waals surface area contributed by atoms with E-state index in [2.05, 4.69) is 4.98 Å². The van der Waals surface area contributed by atoms with E-state index >= 15 is 0 Å². The maximum absolute atomic E-state index is 9.95. The van der Waals surface area contributed by atoms with Crippen LogP contribution in [0.2, 0.25) is 0 Å². The van der Waals surface area contributed by atoms with Gasteiger partial charge in [0.15, 0.2) is 0 Å². The van der Waals surface area contributed by atoms with E-state index in [1.807, 2.05) is 47.2 Å². The van der Waals surface area contributed by atoms with E-state index in [1.54, 1.807) is 19.4 Å². The van der Waals surface area contributed by atoms with Gasteiger partial charge in [-0.25, -0.2) is 4.98 Å². The summed E-state index contributed by atoms with van der Waals surface area (Å²) in [6.45, 7) is 3.01. The lowest BCUT2D eigenvalue weighted by Gasteiger charge is -2.16. The number of benzene rings is 2. The van der Waals surface area contributed by atoms with Crippen LogP contribution in [0.4, 0.5) is 0 Å². The molecular formula is C17H18N2O2. The molecular weight excluding hydrogens is 264 g/mol. The second-order valence-electron chi connectivity index (χ2n) is 5.03. The number of nitrogens with zero attached hydrogens (tertiary/aromatic N) is 2. The molecule has 1 aromatic heterocycles. The molecule has 0 bridgehead atoms. The minimum absolute atomic E-state index is 0.532. The summed E-state index contributed by atoms with van der Waals surface area (Å²) in [5, 5.41) is 12.1. The van der Waals surface area contributed by atoms with Crippen molar-refractivity contribution in [2.24, 2.45) is 0 Å². The van der Waals surface area contributed by atoms with Crippen LogP contribution in [0, 0.1) is 0 Å². The lowest BCUT2D eigenvalue weighted by atomic mass is 10.0. The fourth-order valence-electron chi connectivity index (χ4n) is 2.42. The number of fused-ring (bicyclic) bond motifs is 1. The van der Waals surface area contributed by atoms with Gasteiger partial charge in [-0.15, -0.1) is 0 Å². The minimum atomic E-state index is -0.558. The van der Waals surface area contributed by atoms with Gasteiger partial charge in [0.05, 0.1) is 19.0 Å². The van der Waals surface area contributed by atoms with Crippen molar-refractivity contribution in [3.05, 3.63) is 60.7 Å². The molecule has 0 aliphatic rings. The molecule has 0 fully saturated rings. The summed E-state index contributed by atoms with van der Waals surface area (Å²) in [7, 11) is 0. The van der Waals surface area contributed by atoms with Gasteiger partial charge in [-0.2, -0.15) is 0 Å². The first-order valence-corrected chi connectivity index (χ1v) is 7.04. The highest BCUT2D eigenvalue weighted by Crippen LogP contribution is 2.33. The lowest BCUT2D eigenvalue weighted by molar-refractivity contribution is 0.191. The molecule has 21 heavy (non-hydrogen) atoms. The first kappa shape index (κ1) is 13.6. The van der Waals surface area contributed by atoms with Crippen molar-refractivity contribution in [3.8, 4) is 5.75 Å². The predicted molar refractivity (Wildman–Crippen MR) is 82.3 cm³/mol. The Bertz CT molecular complexity index is 721. The molecule has 0 spiro atoms. The van der Waals surface area contributed by atoms with Crippen LogP contribution in [0.15, 0.2) is 55.1 Å². The van der Waals surface area contributed by atoms with Crippen molar-refractivity contribution in [1.82, 2.24) is 9.55 Å². The molecule has 3 rings (SSSR count). The standard InChI is InChI=1S/C17H18N2O2/c1-13(20)15-7-6-14-4-2-3-5-16(14)17(15)21-11-10-19-9-8-18-12-19/h2-9,12-13,20H,10-11H2,1H3/t13-/m1/s1. The van der Waals surface area contributed by atoms with Gasteiger partial charge in [-0.1, -0.05) is 36.4 Å². The minimum Gasteiger partial charge on any atom is -0.491 e. The molecule has 0 saturated heterocycles. The van der Waals surface area contributed by atoms with Crippen LogP contribution in [0.5, 0.6) is 5.75 Å². The molecule has 0 unspecified atom stereocenters. The van der Waals surface area contributed by atoms with E-state index in [4.69, 9.17) is 4.74 Å². The molecule has 0 amide bonds. The van der Waals surface area contributed by atoms with E-state index in [0.29, 0.717) is 6.61 Å². The number of hydrogen-bond acceptors (Lipinski definition) is 3. The van der Waals surface area contributed by atoms with Crippen LogP contribution in [0.3, 0.4) is 0 Å². The Labute approximate surface area is 123 Å². The summed E-state index contributed by atoms with van der Waals surface area (Å²) < 4.78 is 7.94. The van der Waals surface area contributed by atoms with Crippen LogP contribution in [-0.4, -0.2) is 21.3 Å². The van der Waals surface area contributed by atoms with Gasteiger partial charge in [-0.3, -0.25) is 0 Å². The third-order valence-electron chi connectivity index (χ3n) is 3.52. The molecule has 0 aliphatic heterocycles. The van der Waals surface area contributed by atoms with Gasteiger partial charge in [-0.05, 0) is 12.3 Å². The van der Waals surface area contributed by atoms with Gasteiger partial charge in [0, 0.05) is 23.3 Å². The van der Waals surface area contributed by atoms with E-state index in [9.17, 15) is 5.11 Å². The molecule has 4 nitrogen and oxygen atoms in total. The Hall–Kier alpha value is -2.33. The maximum Gasteiger partial charge on any atom is 0.132 e.